The van der Waals surface area contributed by atoms with Gasteiger partial charge in [-0.25, -0.2) is 15.0 Å². The van der Waals surface area contributed by atoms with E-state index in [0.29, 0.717) is 55.8 Å². The van der Waals surface area contributed by atoms with Crippen molar-refractivity contribution in [2.24, 2.45) is 0 Å². The van der Waals surface area contributed by atoms with Gasteiger partial charge in [0.05, 0.1) is 19.8 Å². The van der Waals surface area contributed by atoms with E-state index in [0.717, 1.165) is 5.52 Å². The molecule has 0 saturated carbocycles. The summed E-state index contributed by atoms with van der Waals surface area (Å²) in [5.41, 5.74) is 2.07. The quantitative estimate of drug-likeness (QED) is 0.448. The van der Waals surface area contributed by atoms with E-state index in [9.17, 15) is 0 Å². The summed E-state index contributed by atoms with van der Waals surface area (Å²) in [7, 11) is 0. The van der Waals surface area contributed by atoms with E-state index < -0.39 is 0 Å². The lowest BCUT2D eigenvalue weighted by molar-refractivity contribution is 0.128. The van der Waals surface area contributed by atoms with E-state index in [2.05, 4.69) is 30.4 Å². The minimum atomic E-state index is 0.121. The van der Waals surface area contributed by atoms with Crippen molar-refractivity contribution >= 4 is 34.3 Å². The molecule has 1 N–H and O–H groups in total. The molecule has 0 bridgehead atoms. The fourth-order valence-electron chi connectivity index (χ4n) is 2.44. The van der Waals surface area contributed by atoms with Crippen molar-refractivity contribution in [3.8, 4) is 0 Å². The highest BCUT2D eigenvalue weighted by molar-refractivity contribution is 6.28. The van der Waals surface area contributed by atoms with Gasteiger partial charge >= 0.3 is 0 Å². The normalized spacial score (nSPS) is 11.2. The maximum Gasteiger partial charge on any atom is 0.225 e. The molecule has 0 unspecified atom stereocenters. The Labute approximate surface area is 155 Å². The summed E-state index contributed by atoms with van der Waals surface area (Å²) in [5.74, 6) is 1.12. The van der Waals surface area contributed by atoms with E-state index >= 15 is 0 Å². The van der Waals surface area contributed by atoms with Crippen LogP contribution in [0.1, 0.15) is 19.5 Å². The van der Waals surface area contributed by atoms with Crippen molar-refractivity contribution in [3.05, 3.63) is 29.6 Å². The molecule has 26 heavy (non-hydrogen) atoms. The zero-order chi connectivity index (χ0) is 18.4. The van der Waals surface area contributed by atoms with Gasteiger partial charge in [0, 0.05) is 19.4 Å². The van der Waals surface area contributed by atoms with Crippen LogP contribution in [0.25, 0.3) is 11.0 Å². The minimum Gasteiger partial charge on any atom is -0.380 e. The molecule has 0 amide bonds. The first-order chi connectivity index (χ1) is 12.7. The number of nitrogens with zero attached hydrogens (tertiary/aromatic N) is 6. The van der Waals surface area contributed by atoms with Crippen LogP contribution in [0, 0.1) is 0 Å². The summed E-state index contributed by atoms with van der Waals surface area (Å²) in [5, 5.41) is 7.90. The van der Waals surface area contributed by atoms with Crippen molar-refractivity contribution < 1.29 is 9.47 Å². The Bertz CT molecular complexity index is 857. The molecule has 3 aromatic heterocycles. The lowest BCUT2D eigenvalue weighted by Gasteiger charge is -2.09. The number of fused-ring (bicyclic) bond motifs is 1. The third kappa shape index (κ3) is 4.24. The molecular weight excluding hydrogens is 358 g/mol. The Hall–Kier alpha value is -2.36. The molecule has 0 aromatic carbocycles. The average Bonchev–Trinajstić information content (AvgIpc) is 2.98. The van der Waals surface area contributed by atoms with Crippen LogP contribution < -0.4 is 5.32 Å². The third-order valence-electron chi connectivity index (χ3n) is 3.55. The first-order valence-electron chi connectivity index (χ1n) is 8.34. The highest BCUT2D eigenvalue weighted by atomic mass is 35.5. The van der Waals surface area contributed by atoms with Crippen LogP contribution in [0.5, 0.6) is 0 Å². The first kappa shape index (κ1) is 18.4. The second kappa shape index (κ2) is 8.84. The van der Waals surface area contributed by atoms with Crippen molar-refractivity contribution in [2.75, 3.05) is 25.1 Å². The van der Waals surface area contributed by atoms with Gasteiger partial charge < -0.3 is 14.8 Å². The Morgan fingerprint density at radius 1 is 1.19 bits per heavy atom. The molecule has 0 aliphatic carbocycles. The topological polar surface area (TPSA) is 99.9 Å². The van der Waals surface area contributed by atoms with Gasteiger partial charge in [-0.1, -0.05) is 0 Å². The molecule has 0 atom stereocenters. The molecule has 3 rings (SSSR count). The van der Waals surface area contributed by atoms with Crippen LogP contribution in [-0.2, 0) is 22.6 Å². The molecule has 0 radical (unpaired) electrons. The van der Waals surface area contributed by atoms with Gasteiger partial charge in [0.1, 0.15) is 28.9 Å². The Balaban J connectivity index is 2.05. The van der Waals surface area contributed by atoms with Crippen molar-refractivity contribution in [3.63, 3.8) is 0 Å². The molecule has 138 valence electrons. The smallest absolute Gasteiger partial charge is 0.225 e. The van der Waals surface area contributed by atoms with Gasteiger partial charge in [0.15, 0.2) is 5.82 Å². The number of hydrogen-bond donors (Lipinski definition) is 1. The van der Waals surface area contributed by atoms with E-state index in [1.807, 2.05) is 13.8 Å². The SMILES string of the molecule is CCOCCn1nc(COCC)c2nc(Cl)nc(Nc3ccncn3)c21. The van der Waals surface area contributed by atoms with Crippen molar-refractivity contribution in [1.29, 1.82) is 0 Å². The molecule has 3 heterocycles. The van der Waals surface area contributed by atoms with Crippen molar-refractivity contribution in [1.82, 2.24) is 29.7 Å². The van der Waals surface area contributed by atoms with Crippen LogP contribution in [0.3, 0.4) is 0 Å². The van der Waals surface area contributed by atoms with E-state index in [1.165, 1.54) is 6.33 Å². The standard InChI is InChI=1S/C16H20ClN7O2/c1-3-25-8-7-24-14-13(11(23-24)9-26-4-2)21-16(17)22-15(14)20-12-5-6-18-10-19-12/h5-6,10H,3-4,7-9H2,1-2H3,(H,18,19,20,21,22). The van der Waals surface area contributed by atoms with Crippen LogP contribution >= 0.6 is 11.6 Å². The molecule has 10 heteroatoms. The van der Waals surface area contributed by atoms with Crippen LogP contribution in [0.15, 0.2) is 18.6 Å². The van der Waals surface area contributed by atoms with Gasteiger partial charge in [0.2, 0.25) is 5.28 Å². The summed E-state index contributed by atoms with van der Waals surface area (Å²) < 4.78 is 12.8. The zero-order valence-electron chi connectivity index (χ0n) is 14.6. The van der Waals surface area contributed by atoms with Crippen molar-refractivity contribution in [2.45, 2.75) is 27.0 Å². The van der Waals surface area contributed by atoms with Crippen LogP contribution in [-0.4, -0.2) is 49.5 Å². The predicted octanol–water partition coefficient (Wildman–Crippen LogP) is 2.59. The lowest BCUT2D eigenvalue weighted by Crippen LogP contribution is -2.09. The highest BCUT2D eigenvalue weighted by Gasteiger charge is 2.19. The predicted molar refractivity (Wildman–Crippen MR) is 97.5 cm³/mol. The number of rotatable bonds is 9. The van der Waals surface area contributed by atoms with Gasteiger partial charge in [-0.05, 0) is 31.5 Å². The fourth-order valence-corrected chi connectivity index (χ4v) is 2.61. The molecule has 0 aliphatic heterocycles. The number of nitrogens with one attached hydrogen (secondary N) is 1. The largest absolute Gasteiger partial charge is 0.380 e. The molecular formula is C16H20ClN7O2. The Kier molecular flexibility index (Phi) is 6.26. The van der Waals surface area contributed by atoms with Gasteiger partial charge in [-0.3, -0.25) is 4.68 Å². The fraction of sp³-hybridized carbons (Fsp3) is 0.438. The maximum atomic E-state index is 6.13. The second-order valence-corrected chi connectivity index (χ2v) is 5.60. The van der Waals surface area contributed by atoms with Gasteiger partial charge in [-0.15, -0.1) is 0 Å². The maximum absolute atomic E-state index is 6.13. The summed E-state index contributed by atoms with van der Waals surface area (Å²) in [6, 6.07) is 1.74. The number of hydrogen-bond acceptors (Lipinski definition) is 8. The number of halogens is 1. The average molecular weight is 378 g/mol. The molecule has 3 aromatic rings. The summed E-state index contributed by atoms with van der Waals surface area (Å²) in [4.78, 5) is 16.8. The zero-order valence-corrected chi connectivity index (χ0v) is 15.4. The molecule has 9 nitrogen and oxygen atoms in total. The first-order valence-corrected chi connectivity index (χ1v) is 8.72. The Morgan fingerprint density at radius 2 is 2.04 bits per heavy atom. The highest BCUT2D eigenvalue weighted by Crippen LogP contribution is 2.27. The minimum absolute atomic E-state index is 0.121. The number of ether oxygens (including phenoxy) is 2. The van der Waals surface area contributed by atoms with Crippen LogP contribution in [0.4, 0.5) is 11.6 Å². The molecule has 0 saturated heterocycles. The monoisotopic (exact) mass is 377 g/mol. The molecule has 0 aliphatic rings. The van der Waals surface area contributed by atoms with E-state index in [1.54, 1.807) is 16.9 Å². The van der Waals surface area contributed by atoms with Crippen LogP contribution in [0.2, 0.25) is 5.28 Å². The lowest BCUT2D eigenvalue weighted by atomic mass is 10.3. The Morgan fingerprint density at radius 3 is 2.77 bits per heavy atom. The van der Waals surface area contributed by atoms with Gasteiger partial charge in [0.25, 0.3) is 0 Å². The summed E-state index contributed by atoms with van der Waals surface area (Å²) in [6.07, 6.45) is 3.09. The molecule has 0 fully saturated rings. The van der Waals surface area contributed by atoms with E-state index in [4.69, 9.17) is 21.1 Å². The summed E-state index contributed by atoms with van der Waals surface area (Å²) in [6.45, 7) is 6.52. The van der Waals surface area contributed by atoms with E-state index in [-0.39, 0.29) is 5.28 Å². The van der Waals surface area contributed by atoms with Gasteiger partial charge in [-0.2, -0.15) is 10.1 Å². The number of aromatic nitrogens is 6. The molecule has 0 spiro atoms. The number of anilines is 2. The second-order valence-electron chi connectivity index (χ2n) is 5.26. The summed E-state index contributed by atoms with van der Waals surface area (Å²) >= 11 is 6.13. The third-order valence-corrected chi connectivity index (χ3v) is 3.72.